The molecule has 1 aromatic rings. The summed E-state index contributed by atoms with van der Waals surface area (Å²) in [5.41, 5.74) is -0.0247. The Morgan fingerprint density at radius 1 is 1.15 bits per heavy atom. The number of hydrogen-bond acceptors (Lipinski definition) is 2. The van der Waals surface area contributed by atoms with E-state index in [1.807, 2.05) is 7.05 Å². The first-order valence-electron chi connectivity index (χ1n) is 6.98. The van der Waals surface area contributed by atoms with E-state index in [0.29, 0.717) is 6.42 Å². The Morgan fingerprint density at radius 3 is 2.30 bits per heavy atom. The Labute approximate surface area is 117 Å². The number of nitrogens with one attached hydrogen (secondary N) is 2. The van der Waals surface area contributed by atoms with Crippen molar-refractivity contribution in [2.45, 2.75) is 44.1 Å². The van der Waals surface area contributed by atoms with Gasteiger partial charge in [-0.05, 0) is 32.0 Å². The van der Waals surface area contributed by atoms with Crippen LogP contribution in [-0.2, 0) is 4.79 Å². The van der Waals surface area contributed by atoms with Crippen molar-refractivity contribution >= 4 is 11.6 Å². The quantitative estimate of drug-likeness (QED) is 0.890. The van der Waals surface area contributed by atoms with Crippen LogP contribution in [0.2, 0.25) is 0 Å². The molecule has 110 valence electrons. The molecule has 5 heteroatoms. The number of carbonyl (C=O) groups is 1. The minimum absolute atomic E-state index is 0.162. The number of anilines is 1. The fourth-order valence-electron chi connectivity index (χ4n) is 2.88. The Hall–Kier alpha value is -1.49. The van der Waals surface area contributed by atoms with Gasteiger partial charge in [-0.25, -0.2) is 8.78 Å². The second kappa shape index (κ2) is 6.31. The van der Waals surface area contributed by atoms with E-state index in [-0.39, 0.29) is 17.1 Å². The van der Waals surface area contributed by atoms with Crippen LogP contribution in [0.4, 0.5) is 14.5 Å². The lowest BCUT2D eigenvalue weighted by Gasteiger charge is -2.36. The zero-order chi connectivity index (χ0) is 14.6. The lowest BCUT2D eigenvalue weighted by Crippen LogP contribution is -2.47. The van der Waals surface area contributed by atoms with E-state index in [2.05, 4.69) is 10.6 Å². The molecule has 0 saturated heterocycles. The van der Waals surface area contributed by atoms with E-state index in [0.717, 1.165) is 43.9 Å². The van der Waals surface area contributed by atoms with Crippen LogP contribution in [0.3, 0.4) is 0 Å². The Morgan fingerprint density at radius 2 is 1.75 bits per heavy atom. The summed E-state index contributed by atoms with van der Waals surface area (Å²) in [4.78, 5) is 12.1. The van der Waals surface area contributed by atoms with Crippen molar-refractivity contribution in [1.82, 2.24) is 5.32 Å². The van der Waals surface area contributed by atoms with Gasteiger partial charge in [-0.3, -0.25) is 4.79 Å². The van der Waals surface area contributed by atoms with Gasteiger partial charge in [0.15, 0.2) is 0 Å². The van der Waals surface area contributed by atoms with Gasteiger partial charge in [-0.2, -0.15) is 0 Å². The van der Waals surface area contributed by atoms with Crippen LogP contribution >= 0.6 is 0 Å². The maximum absolute atomic E-state index is 13.1. The Kier molecular flexibility index (Phi) is 4.70. The van der Waals surface area contributed by atoms with Crippen LogP contribution in [-0.4, -0.2) is 18.5 Å². The molecule has 1 fully saturated rings. The van der Waals surface area contributed by atoms with Gasteiger partial charge < -0.3 is 10.6 Å². The van der Waals surface area contributed by atoms with Crippen molar-refractivity contribution in [3.05, 3.63) is 29.8 Å². The first-order valence-corrected chi connectivity index (χ1v) is 6.98. The molecule has 0 heterocycles. The molecule has 0 unspecified atom stereocenters. The summed E-state index contributed by atoms with van der Waals surface area (Å²) in [7, 11) is 1.86. The zero-order valence-corrected chi connectivity index (χ0v) is 11.6. The maximum atomic E-state index is 13.1. The summed E-state index contributed by atoms with van der Waals surface area (Å²) in [6.07, 6.45) is 5.62. The van der Waals surface area contributed by atoms with E-state index in [1.165, 1.54) is 6.42 Å². The van der Waals surface area contributed by atoms with Crippen molar-refractivity contribution in [1.29, 1.82) is 0 Å². The highest BCUT2D eigenvalue weighted by Gasteiger charge is 2.32. The second-order valence-corrected chi connectivity index (χ2v) is 5.47. The van der Waals surface area contributed by atoms with Crippen molar-refractivity contribution in [3.63, 3.8) is 0 Å². The van der Waals surface area contributed by atoms with Gasteiger partial charge in [-0.1, -0.05) is 19.3 Å². The summed E-state index contributed by atoms with van der Waals surface area (Å²) in [6.45, 7) is 0. The van der Waals surface area contributed by atoms with Crippen molar-refractivity contribution in [3.8, 4) is 0 Å². The summed E-state index contributed by atoms with van der Waals surface area (Å²) in [5, 5.41) is 5.82. The molecule has 1 aromatic carbocycles. The molecule has 2 N–H and O–H groups in total. The van der Waals surface area contributed by atoms with E-state index < -0.39 is 11.6 Å². The molecule has 0 aromatic heterocycles. The molecule has 1 aliphatic carbocycles. The SMILES string of the molecule is CNC1(CC(=O)Nc2cc(F)cc(F)c2)CCCCC1. The van der Waals surface area contributed by atoms with Crippen LogP contribution in [0, 0.1) is 11.6 Å². The van der Waals surface area contributed by atoms with Gasteiger partial charge in [0, 0.05) is 23.7 Å². The van der Waals surface area contributed by atoms with E-state index in [9.17, 15) is 13.6 Å². The van der Waals surface area contributed by atoms with Crippen LogP contribution in [0.25, 0.3) is 0 Å². The van der Waals surface area contributed by atoms with Crippen molar-refractivity contribution in [2.24, 2.45) is 0 Å². The van der Waals surface area contributed by atoms with Gasteiger partial charge in [0.25, 0.3) is 0 Å². The van der Waals surface area contributed by atoms with E-state index >= 15 is 0 Å². The number of amides is 1. The van der Waals surface area contributed by atoms with Crippen molar-refractivity contribution < 1.29 is 13.6 Å². The van der Waals surface area contributed by atoms with Gasteiger partial charge in [0.1, 0.15) is 11.6 Å². The highest BCUT2D eigenvalue weighted by atomic mass is 19.1. The molecule has 0 spiro atoms. The fourth-order valence-corrected chi connectivity index (χ4v) is 2.88. The van der Waals surface area contributed by atoms with Gasteiger partial charge in [0.2, 0.25) is 5.91 Å². The lowest BCUT2D eigenvalue weighted by molar-refractivity contribution is -0.117. The van der Waals surface area contributed by atoms with Crippen molar-refractivity contribution in [2.75, 3.05) is 12.4 Å². The highest BCUT2D eigenvalue weighted by Crippen LogP contribution is 2.31. The molecule has 0 bridgehead atoms. The third-order valence-corrected chi connectivity index (χ3v) is 3.99. The summed E-state index contributed by atoms with van der Waals surface area (Å²) < 4.78 is 26.1. The molecule has 3 nitrogen and oxygen atoms in total. The summed E-state index contributed by atoms with van der Waals surface area (Å²) in [6, 6.07) is 3.02. The largest absolute Gasteiger partial charge is 0.326 e. The molecule has 0 aliphatic heterocycles. The van der Waals surface area contributed by atoms with Crippen LogP contribution in [0.5, 0.6) is 0 Å². The van der Waals surface area contributed by atoms with Crippen LogP contribution in [0.1, 0.15) is 38.5 Å². The lowest BCUT2D eigenvalue weighted by atomic mass is 9.79. The van der Waals surface area contributed by atoms with E-state index in [4.69, 9.17) is 0 Å². The third kappa shape index (κ3) is 3.76. The molecule has 1 saturated carbocycles. The third-order valence-electron chi connectivity index (χ3n) is 3.99. The molecule has 0 atom stereocenters. The first kappa shape index (κ1) is 14.9. The summed E-state index contributed by atoms with van der Waals surface area (Å²) >= 11 is 0. The fraction of sp³-hybridized carbons (Fsp3) is 0.533. The minimum Gasteiger partial charge on any atom is -0.326 e. The molecule has 0 radical (unpaired) electrons. The zero-order valence-electron chi connectivity index (χ0n) is 11.6. The van der Waals surface area contributed by atoms with Crippen LogP contribution in [0.15, 0.2) is 18.2 Å². The average molecular weight is 282 g/mol. The predicted octanol–water partition coefficient (Wildman–Crippen LogP) is 3.22. The Bertz CT molecular complexity index is 465. The standard InChI is InChI=1S/C15H20F2N2O/c1-18-15(5-3-2-4-6-15)10-14(20)19-13-8-11(16)7-12(17)9-13/h7-9,18H,2-6,10H2,1H3,(H,19,20). The van der Waals surface area contributed by atoms with E-state index in [1.54, 1.807) is 0 Å². The number of carbonyl (C=O) groups excluding carboxylic acids is 1. The Balaban J connectivity index is 2.00. The number of halogens is 2. The molecule has 20 heavy (non-hydrogen) atoms. The normalized spacial score (nSPS) is 17.8. The monoisotopic (exact) mass is 282 g/mol. The van der Waals surface area contributed by atoms with Gasteiger partial charge in [-0.15, -0.1) is 0 Å². The van der Waals surface area contributed by atoms with Gasteiger partial charge >= 0.3 is 0 Å². The highest BCUT2D eigenvalue weighted by molar-refractivity contribution is 5.91. The topological polar surface area (TPSA) is 41.1 Å². The maximum Gasteiger partial charge on any atom is 0.226 e. The second-order valence-electron chi connectivity index (χ2n) is 5.47. The number of rotatable bonds is 4. The number of hydrogen-bond donors (Lipinski definition) is 2. The summed E-state index contributed by atoms with van der Waals surface area (Å²) in [5.74, 6) is -1.60. The van der Waals surface area contributed by atoms with Gasteiger partial charge in [0.05, 0.1) is 0 Å². The minimum atomic E-state index is -0.693. The first-order chi connectivity index (χ1) is 9.53. The molecule has 2 rings (SSSR count). The smallest absolute Gasteiger partial charge is 0.226 e. The van der Waals surface area contributed by atoms with Crippen LogP contribution < -0.4 is 10.6 Å². The predicted molar refractivity (Wildman–Crippen MR) is 74.5 cm³/mol. The number of benzene rings is 1. The molecular weight excluding hydrogens is 262 g/mol. The molecule has 1 amide bonds. The molecule has 1 aliphatic rings. The molecular formula is C15H20F2N2O. The average Bonchev–Trinajstić information content (AvgIpc) is 2.38.